The van der Waals surface area contributed by atoms with Crippen LogP contribution in [0.25, 0.3) is 0 Å². The van der Waals surface area contributed by atoms with Crippen LogP contribution >= 0.6 is 0 Å². The van der Waals surface area contributed by atoms with Crippen molar-refractivity contribution in [1.29, 1.82) is 0 Å². The van der Waals surface area contributed by atoms with E-state index in [1.54, 1.807) is 0 Å². The molecule has 0 aromatic heterocycles. The Bertz CT molecular complexity index is 718. The van der Waals surface area contributed by atoms with E-state index < -0.39 is 38.6 Å². The molecule has 0 aliphatic carbocycles. The largest absolute Gasteiger partial charge is 0.447 e. The lowest BCUT2D eigenvalue weighted by molar-refractivity contribution is -0.147. The van der Waals surface area contributed by atoms with Gasteiger partial charge in [-0.15, -0.1) is 0 Å². The SMILES string of the molecule is CO[C@H](C(=O)N1C(=O)OC[C@@H]1Cc1ccccc1)[C@H](O)CCO[Si](C)(C)C(C)(C)C. The molecule has 0 bridgehead atoms. The van der Waals surface area contributed by atoms with Crippen molar-refractivity contribution in [2.75, 3.05) is 20.3 Å². The van der Waals surface area contributed by atoms with E-state index in [-0.39, 0.29) is 18.1 Å². The first-order chi connectivity index (χ1) is 14.0. The highest BCUT2D eigenvalue weighted by molar-refractivity contribution is 6.74. The van der Waals surface area contributed by atoms with E-state index >= 15 is 0 Å². The molecule has 3 atom stereocenters. The van der Waals surface area contributed by atoms with Gasteiger partial charge in [-0.05, 0) is 36.5 Å². The smallest absolute Gasteiger partial charge is 0.417 e. The van der Waals surface area contributed by atoms with Crippen LogP contribution in [0.4, 0.5) is 4.79 Å². The van der Waals surface area contributed by atoms with Gasteiger partial charge in [-0.3, -0.25) is 4.79 Å². The minimum absolute atomic E-state index is 0.0540. The average Bonchev–Trinajstić information content (AvgIpc) is 3.02. The topological polar surface area (TPSA) is 85.3 Å². The van der Waals surface area contributed by atoms with E-state index in [1.807, 2.05) is 30.3 Å². The van der Waals surface area contributed by atoms with Crippen LogP contribution in [0.1, 0.15) is 32.8 Å². The first kappa shape index (κ1) is 24.5. The minimum Gasteiger partial charge on any atom is -0.447 e. The van der Waals surface area contributed by atoms with Crippen molar-refractivity contribution < 1.29 is 28.6 Å². The lowest BCUT2D eigenvalue weighted by Crippen LogP contribution is -2.50. The van der Waals surface area contributed by atoms with Crippen LogP contribution in [-0.4, -0.2) is 68.9 Å². The van der Waals surface area contributed by atoms with E-state index in [9.17, 15) is 14.7 Å². The number of benzene rings is 1. The van der Waals surface area contributed by atoms with E-state index in [0.29, 0.717) is 13.0 Å². The fourth-order valence-corrected chi connectivity index (χ4v) is 4.19. The fourth-order valence-electron chi connectivity index (χ4n) is 3.13. The zero-order valence-electron chi connectivity index (χ0n) is 18.9. The van der Waals surface area contributed by atoms with E-state index in [2.05, 4.69) is 33.9 Å². The summed E-state index contributed by atoms with van der Waals surface area (Å²) >= 11 is 0. The summed E-state index contributed by atoms with van der Waals surface area (Å²) in [7, 11) is -0.601. The highest BCUT2D eigenvalue weighted by atomic mass is 28.4. The van der Waals surface area contributed by atoms with Crippen molar-refractivity contribution in [3.63, 3.8) is 0 Å². The summed E-state index contributed by atoms with van der Waals surface area (Å²) in [5, 5.41) is 10.7. The zero-order chi connectivity index (χ0) is 22.5. The van der Waals surface area contributed by atoms with E-state index in [1.165, 1.54) is 7.11 Å². The number of nitrogens with zero attached hydrogens (tertiary/aromatic N) is 1. The van der Waals surface area contributed by atoms with Crippen LogP contribution in [0.5, 0.6) is 0 Å². The molecule has 1 N–H and O–H groups in total. The van der Waals surface area contributed by atoms with Gasteiger partial charge < -0.3 is 19.0 Å². The molecule has 1 heterocycles. The van der Waals surface area contributed by atoms with Crippen molar-refractivity contribution in [2.45, 2.75) is 70.0 Å². The third-order valence-electron chi connectivity index (χ3n) is 6.04. The molecule has 0 saturated carbocycles. The summed E-state index contributed by atoms with van der Waals surface area (Å²) < 4.78 is 16.5. The van der Waals surface area contributed by atoms with Gasteiger partial charge in [0.05, 0.1) is 12.1 Å². The van der Waals surface area contributed by atoms with Crippen LogP contribution in [0.2, 0.25) is 18.1 Å². The maximum Gasteiger partial charge on any atom is 0.417 e. The average molecular weight is 438 g/mol. The first-order valence-electron chi connectivity index (χ1n) is 10.4. The Morgan fingerprint density at radius 3 is 2.50 bits per heavy atom. The molecule has 1 saturated heterocycles. The van der Waals surface area contributed by atoms with Crippen LogP contribution in [0.15, 0.2) is 30.3 Å². The van der Waals surface area contributed by atoms with E-state index in [0.717, 1.165) is 10.5 Å². The fraction of sp³-hybridized carbons (Fsp3) is 0.636. The molecule has 1 fully saturated rings. The van der Waals surface area contributed by atoms with Gasteiger partial charge in [-0.25, -0.2) is 9.69 Å². The zero-order valence-corrected chi connectivity index (χ0v) is 19.9. The molecule has 0 unspecified atom stereocenters. The quantitative estimate of drug-likeness (QED) is 0.596. The number of carbonyl (C=O) groups is 2. The number of imide groups is 1. The molecule has 2 rings (SSSR count). The Hall–Kier alpha value is -1.74. The summed E-state index contributed by atoms with van der Waals surface area (Å²) in [5.41, 5.74) is 0.996. The highest BCUT2D eigenvalue weighted by Crippen LogP contribution is 2.36. The summed E-state index contributed by atoms with van der Waals surface area (Å²) in [6, 6.07) is 9.16. The second-order valence-electron chi connectivity index (χ2n) is 9.25. The molecular formula is C22H35NO6Si. The molecular weight excluding hydrogens is 402 g/mol. The molecule has 2 amide bonds. The maximum absolute atomic E-state index is 13.1. The summed E-state index contributed by atoms with van der Waals surface area (Å²) in [5.74, 6) is -0.583. The molecule has 1 aromatic rings. The molecule has 0 radical (unpaired) electrons. The summed E-state index contributed by atoms with van der Waals surface area (Å²) in [6.07, 6.45) is -2.22. The number of carbonyl (C=O) groups excluding carboxylic acids is 2. The number of aliphatic hydroxyl groups is 1. The minimum atomic E-state index is -1.96. The monoisotopic (exact) mass is 437 g/mol. The van der Waals surface area contributed by atoms with Gasteiger partial charge >= 0.3 is 6.09 Å². The molecule has 8 heteroatoms. The van der Waals surface area contributed by atoms with Gasteiger partial charge in [0.1, 0.15) is 6.61 Å². The van der Waals surface area contributed by atoms with Gasteiger partial charge in [0.15, 0.2) is 14.4 Å². The molecule has 1 aromatic carbocycles. The lowest BCUT2D eigenvalue weighted by Gasteiger charge is -2.36. The molecule has 1 aliphatic heterocycles. The molecule has 0 spiro atoms. The highest BCUT2D eigenvalue weighted by Gasteiger charge is 2.43. The van der Waals surface area contributed by atoms with Crippen molar-refractivity contribution >= 4 is 20.3 Å². The standard InChI is InChI=1S/C22H35NO6Si/c1-22(2,3)30(5,6)29-13-12-18(24)19(27-4)20(25)23-17(15-28-21(23)26)14-16-10-8-7-9-11-16/h7-11,17-19,24H,12-15H2,1-6H3/t17-,18+,19-/m0/s1. The van der Waals surface area contributed by atoms with E-state index in [4.69, 9.17) is 13.9 Å². The normalized spacial score (nSPS) is 19.5. The van der Waals surface area contributed by atoms with Crippen molar-refractivity contribution in [3.05, 3.63) is 35.9 Å². The predicted molar refractivity (Wildman–Crippen MR) is 117 cm³/mol. The predicted octanol–water partition coefficient (Wildman–Crippen LogP) is 3.36. The van der Waals surface area contributed by atoms with Crippen LogP contribution in [0.3, 0.4) is 0 Å². The Morgan fingerprint density at radius 1 is 1.30 bits per heavy atom. The number of hydrogen-bond donors (Lipinski definition) is 1. The second kappa shape index (κ2) is 10.0. The first-order valence-corrected chi connectivity index (χ1v) is 13.3. The van der Waals surface area contributed by atoms with Gasteiger partial charge in [-0.1, -0.05) is 51.1 Å². The lowest BCUT2D eigenvalue weighted by atomic mass is 10.0. The second-order valence-corrected chi connectivity index (χ2v) is 14.1. The van der Waals surface area contributed by atoms with Gasteiger partial charge in [0.2, 0.25) is 0 Å². The maximum atomic E-state index is 13.1. The van der Waals surface area contributed by atoms with Gasteiger partial charge in [-0.2, -0.15) is 0 Å². The molecule has 1 aliphatic rings. The van der Waals surface area contributed by atoms with Crippen LogP contribution in [-0.2, 0) is 25.1 Å². The van der Waals surface area contributed by atoms with Crippen molar-refractivity contribution in [3.8, 4) is 0 Å². The number of aliphatic hydroxyl groups excluding tert-OH is 1. The Labute approximate surface area is 180 Å². The van der Waals surface area contributed by atoms with Crippen LogP contribution < -0.4 is 0 Å². The third-order valence-corrected chi connectivity index (χ3v) is 10.6. The molecule has 168 valence electrons. The third kappa shape index (κ3) is 5.91. The van der Waals surface area contributed by atoms with Crippen molar-refractivity contribution in [2.24, 2.45) is 0 Å². The number of rotatable bonds is 9. The Morgan fingerprint density at radius 2 is 1.93 bits per heavy atom. The Balaban J connectivity index is 2.01. The number of cyclic esters (lactones) is 1. The number of hydrogen-bond acceptors (Lipinski definition) is 6. The number of methoxy groups -OCH3 is 1. The van der Waals surface area contributed by atoms with Crippen molar-refractivity contribution in [1.82, 2.24) is 4.90 Å². The number of amides is 2. The van der Waals surface area contributed by atoms with Crippen LogP contribution in [0, 0.1) is 0 Å². The summed E-state index contributed by atoms with van der Waals surface area (Å²) in [6.45, 7) is 11.1. The number of ether oxygens (including phenoxy) is 2. The molecule has 30 heavy (non-hydrogen) atoms. The Kier molecular flexibility index (Phi) is 8.21. The molecule has 7 nitrogen and oxygen atoms in total. The van der Waals surface area contributed by atoms with Gasteiger partial charge in [0, 0.05) is 13.7 Å². The van der Waals surface area contributed by atoms with Gasteiger partial charge in [0.25, 0.3) is 5.91 Å². The summed E-state index contributed by atoms with van der Waals surface area (Å²) in [4.78, 5) is 26.4.